The molecule has 0 aliphatic heterocycles. The van der Waals surface area contributed by atoms with Crippen LogP contribution in [0.15, 0.2) is 47.1 Å². The minimum absolute atomic E-state index is 0.0145. The van der Waals surface area contributed by atoms with Gasteiger partial charge in [-0.15, -0.1) is 5.92 Å². The molecular weight excluding hydrogens is 469 g/mol. The van der Waals surface area contributed by atoms with Crippen LogP contribution < -0.4 is 5.73 Å². The molecule has 194 valence electrons. The zero-order valence-corrected chi connectivity index (χ0v) is 21.7. The maximum atomic E-state index is 15.7. The van der Waals surface area contributed by atoms with Crippen molar-refractivity contribution >= 4 is 23.2 Å². The number of hydrogen-bond acceptors (Lipinski definition) is 5. The number of ether oxygens (including phenoxy) is 1. The normalized spacial score (nSPS) is 34.4. The molecule has 0 saturated heterocycles. The van der Waals surface area contributed by atoms with Crippen molar-refractivity contribution in [2.24, 2.45) is 22.7 Å². The Bertz CT molecular complexity index is 1280. The third kappa shape index (κ3) is 3.95. The standard InChI is InChI=1S/C31H34FNO4/c1-4-12-31(28(36)17-37-18(2)34)13-11-26-24-15-27(32)23-14-21(35)9-10-22(23)29(24)25(16-30(26,31)3)19-5-7-20(33)8-6-19/h5-8,14,24-27H,9-11,13,15-17,33H2,1-3H3/t24-,25+,26-,27?,30-,31+/m0/s1. The summed E-state index contributed by atoms with van der Waals surface area (Å²) in [7, 11) is 0. The van der Waals surface area contributed by atoms with E-state index in [0.717, 1.165) is 17.6 Å². The molecule has 6 atom stereocenters. The monoisotopic (exact) mass is 503 g/mol. The van der Waals surface area contributed by atoms with Gasteiger partial charge < -0.3 is 10.5 Å². The van der Waals surface area contributed by atoms with Crippen molar-refractivity contribution in [2.45, 2.75) is 71.4 Å². The number of ketones is 2. The molecule has 2 N–H and O–H groups in total. The minimum atomic E-state index is -1.20. The van der Waals surface area contributed by atoms with E-state index in [2.05, 4.69) is 18.8 Å². The number of nitrogens with two attached hydrogens (primary N) is 1. The molecule has 4 aliphatic rings. The van der Waals surface area contributed by atoms with Gasteiger partial charge in [0.05, 0.1) is 5.41 Å². The lowest BCUT2D eigenvalue weighted by molar-refractivity contribution is -0.150. The van der Waals surface area contributed by atoms with Crippen molar-refractivity contribution in [3.63, 3.8) is 0 Å². The number of Topliss-reactive ketones (excluding diaryl/α,β-unsaturated/α-hetero) is 1. The predicted octanol–water partition coefficient (Wildman–Crippen LogP) is 5.26. The minimum Gasteiger partial charge on any atom is -0.458 e. The Labute approximate surface area is 217 Å². The quantitative estimate of drug-likeness (QED) is 0.344. The number of halogens is 1. The molecular formula is C31H34FNO4. The van der Waals surface area contributed by atoms with Crippen LogP contribution in [0.3, 0.4) is 0 Å². The van der Waals surface area contributed by atoms with Crippen LogP contribution in [0.1, 0.15) is 70.8 Å². The number of fused-ring (bicyclic) bond motifs is 4. The molecule has 0 spiro atoms. The van der Waals surface area contributed by atoms with E-state index < -0.39 is 23.0 Å². The van der Waals surface area contributed by atoms with Crippen LogP contribution >= 0.6 is 0 Å². The van der Waals surface area contributed by atoms with E-state index in [1.54, 1.807) is 6.92 Å². The van der Waals surface area contributed by atoms with E-state index in [9.17, 15) is 14.4 Å². The van der Waals surface area contributed by atoms with Crippen molar-refractivity contribution in [1.82, 2.24) is 0 Å². The lowest BCUT2D eigenvalue weighted by Crippen LogP contribution is -2.52. The molecule has 5 nitrogen and oxygen atoms in total. The molecule has 1 aromatic carbocycles. The van der Waals surface area contributed by atoms with Gasteiger partial charge in [0.2, 0.25) is 0 Å². The molecule has 0 heterocycles. The van der Waals surface area contributed by atoms with Crippen LogP contribution in [0.25, 0.3) is 0 Å². The number of benzene rings is 1. The van der Waals surface area contributed by atoms with Gasteiger partial charge >= 0.3 is 5.97 Å². The highest BCUT2D eigenvalue weighted by Crippen LogP contribution is 2.69. The SMILES string of the molecule is CC#C[C@]1(C(=O)COC(C)=O)CC[C@H]2[C@@H]3CC(F)C4=CC(=O)CCC4=C3[C@@H](c3ccc(N)cc3)C[C@@]21C. The first kappa shape index (κ1) is 25.4. The number of esters is 1. The van der Waals surface area contributed by atoms with E-state index in [4.69, 9.17) is 10.5 Å². The lowest BCUT2D eigenvalue weighted by atomic mass is 9.48. The third-order valence-corrected chi connectivity index (χ3v) is 9.51. The molecule has 2 saturated carbocycles. The summed E-state index contributed by atoms with van der Waals surface area (Å²) < 4.78 is 20.9. The number of carbonyl (C=O) groups is 3. The Hall–Kier alpha value is -3.20. The fraction of sp³-hybridized carbons (Fsp3) is 0.516. The van der Waals surface area contributed by atoms with E-state index in [-0.39, 0.29) is 35.9 Å². The van der Waals surface area contributed by atoms with E-state index >= 15 is 4.39 Å². The van der Waals surface area contributed by atoms with Gasteiger partial charge in [-0.1, -0.05) is 30.6 Å². The van der Waals surface area contributed by atoms with Crippen molar-refractivity contribution in [1.29, 1.82) is 0 Å². The second kappa shape index (κ2) is 9.28. The van der Waals surface area contributed by atoms with Crippen molar-refractivity contribution in [3.05, 3.63) is 52.6 Å². The Morgan fingerprint density at radius 1 is 1.22 bits per heavy atom. The average molecular weight is 504 g/mol. The van der Waals surface area contributed by atoms with Gasteiger partial charge in [0.25, 0.3) is 0 Å². The van der Waals surface area contributed by atoms with Crippen LogP contribution in [0.4, 0.5) is 10.1 Å². The summed E-state index contributed by atoms with van der Waals surface area (Å²) in [5, 5.41) is 0. The van der Waals surface area contributed by atoms with Gasteiger partial charge in [-0.05, 0) is 91.2 Å². The molecule has 0 amide bonds. The number of nitrogen functional groups attached to an aromatic ring is 1. The first-order valence-electron chi connectivity index (χ1n) is 13.2. The summed E-state index contributed by atoms with van der Waals surface area (Å²) in [6.07, 6.45) is 3.53. The summed E-state index contributed by atoms with van der Waals surface area (Å²) in [6.45, 7) is 4.86. The van der Waals surface area contributed by atoms with Crippen molar-refractivity contribution in [3.8, 4) is 11.8 Å². The molecule has 37 heavy (non-hydrogen) atoms. The molecule has 0 radical (unpaired) electrons. The summed E-state index contributed by atoms with van der Waals surface area (Å²) in [6, 6.07) is 7.81. The summed E-state index contributed by atoms with van der Waals surface area (Å²) in [5.41, 5.74) is 9.01. The maximum absolute atomic E-state index is 15.7. The van der Waals surface area contributed by atoms with Crippen LogP contribution in [0.2, 0.25) is 0 Å². The molecule has 1 aromatic rings. The number of anilines is 1. The lowest BCUT2D eigenvalue weighted by Gasteiger charge is -2.55. The van der Waals surface area contributed by atoms with Gasteiger partial charge in [-0.3, -0.25) is 14.4 Å². The molecule has 6 heteroatoms. The van der Waals surface area contributed by atoms with E-state index in [0.29, 0.717) is 43.4 Å². The molecule has 2 fully saturated rings. The number of hydrogen-bond donors (Lipinski definition) is 1. The fourth-order valence-corrected chi connectivity index (χ4v) is 7.93. The van der Waals surface area contributed by atoms with Crippen LogP contribution in [0.5, 0.6) is 0 Å². The highest BCUT2D eigenvalue weighted by Gasteiger charge is 2.66. The molecule has 4 aliphatic carbocycles. The second-order valence-corrected chi connectivity index (χ2v) is 11.3. The van der Waals surface area contributed by atoms with E-state index in [1.165, 1.54) is 18.6 Å². The number of rotatable bonds is 4. The summed E-state index contributed by atoms with van der Waals surface area (Å²) >= 11 is 0. The Morgan fingerprint density at radius 2 is 1.95 bits per heavy atom. The maximum Gasteiger partial charge on any atom is 0.303 e. The van der Waals surface area contributed by atoms with Crippen molar-refractivity contribution in [2.75, 3.05) is 12.3 Å². The number of alkyl halides is 1. The zero-order chi connectivity index (χ0) is 26.5. The van der Waals surface area contributed by atoms with Gasteiger partial charge in [-0.2, -0.15) is 0 Å². The Kier molecular flexibility index (Phi) is 6.38. The third-order valence-electron chi connectivity index (χ3n) is 9.51. The molecule has 5 rings (SSSR count). The fourth-order valence-electron chi connectivity index (χ4n) is 7.93. The van der Waals surface area contributed by atoms with Crippen LogP contribution in [-0.2, 0) is 19.1 Å². The first-order chi connectivity index (χ1) is 17.6. The van der Waals surface area contributed by atoms with Crippen LogP contribution in [0, 0.1) is 34.5 Å². The topological polar surface area (TPSA) is 86.5 Å². The van der Waals surface area contributed by atoms with Crippen molar-refractivity contribution < 1.29 is 23.5 Å². The highest BCUT2D eigenvalue weighted by molar-refractivity contribution is 5.93. The van der Waals surface area contributed by atoms with Gasteiger partial charge in [0.1, 0.15) is 6.17 Å². The highest BCUT2D eigenvalue weighted by atomic mass is 19.1. The second-order valence-electron chi connectivity index (χ2n) is 11.3. The largest absolute Gasteiger partial charge is 0.458 e. The van der Waals surface area contributed by atoms with Crippen LogP contribution in [-0.4, -0.2) is 30.3 Å². The van der Waals surface area contributed by atoms with E-state index in [1.807, 2.05) is 24.3 Å². The number of allylic oxidation sites excluding steroid dienone is 4. The molecule has 0 aromatic heterocycles. The Morgan fingerprint density at radius 3 is 2.62 bits per heavy atom. The smallest absolute Gasteiger partial charge is 0.303 e. The Balaban J connectivity index is 1.69. The average Bonchev–Trinajstić information content (AvgIpc) is 3.16. The predicted molar refractivity (Wildman–Crippen MR) is 139 cm³/mol. The summed E-state index contributed by atoms with van der Waals surface area (Å²) in [4.78, 5) is 37.5. The van der Waals surface area contributed by atoms with Gasteiger partial charge in [-0.25, -0.2) is 4.39 Å². The first-order valence-corrected chi connectivity index (χ1v) is 13.2. The van der Waals surface area contributed by atoms with Gasteiger partial charge in [0.15, 0.2) is 18.2 Å². The number of carbonyl (C=O) groups excluding carboxylic acids is 3. The van der Waals surface area contributed by atoms with Gasteiger partial charge in [0, 0.05) is 24.9 Å². The summed E-state index contributed by atoms with van der Waals surface area (Å²) in [5.74, 6) is 5.56. The molecule has 1 unspecified atom stereocenters. The molecule has 0 bridgehead atoms. The zero-order valence-electron chi connectivity index (χ0n) is 21.7.